The normalized spacial score (nSPS) is 14.0. The largest absolute Gasteiger partial charge is 0.318 e. The van der Waals surface area contributed by atoms with Gasteiger partial charge in [0.1, 0.15) is 0 Å². The molecule has 2 aromatic rings. The lowest BCUT2D eigenvalue weighted by atomic mass is 10.1. The molecule has 0 aliphatic carbocycles. The number of amides is 3. The molecule has 26 heavy (non-hydrogen) atoms. The second-order valence-corrected chi connectivity index (χ2v) is 6.33. The number of benzene rings is 2. The van der Waals surface area contributed by atoms with Gasteiger partial charge in [0.15, 0.2) is 0 Å². The molecular weight excluding hydrogens is 330 g/mol. The molecule has 1 heterocycles. The van der Waals surface area contributed by atoms with Crippen molar-refractivity contribution in [2.45, 2.75) is 26.2 Å². The van der Waals surface area contributed by atoms with E-state index in [1.165, 1.54) is 0 Å². The molecule has 0 atom stereocenters. The van der Waals surface area contributed by atoms with Gasteiger partial charge in [0, 0.05) is 30.0 Å². The standard InChI is InChI=1S/C20H21N3O3/c1-14-8-10-15(11-9-14)21-19(25)20(26)22-16-5-4-6-17(13-16)23-12-3-2-7-18(23)24/h4-6,8-11,13H,2-3,7,12H2,1H3,(H,21,25)(H,22,26). The van der Waals surface area contributed by atoms with Gasteiger partial charge in [-0.2, -0.15) is 0 Å². The summed E-state index contributed by atoms with van der Waals surface area (Å²) in [4.78, 5) is 37.9. The summed E-state index contributed by atoms with van der Waals surface area (Å²) < 4.78 is 0. The molecule has 0 aromatic heterocycles. The third kappa shape index (κ3) is 4.27. The van der Waals surface area contributed by atoms with Gasteiger partial charge in [-0.3, -0.25) is 14.4 Å². The van der Waals surface area contributed by atoms with Crippen LogP contribution < -0.4 is 15.5 Å². The molecule has 0 radical (unpaired) electrons. The Balaban J connectivity index is 1.65. The molecule has 1 aliphatic heterocycles. The van der Waals surface area contributed by atoms with Crippen molar-refractivity contribution in [3.05, 3.63) is 54.1 Å². The summed E-state index contributed by atoms with van der Waals surface area (Å²) in [5.41, 5.74) is 2.83. The van der Waals surface area contributed by atoms with E-state index in [2.05, 4.69) is 10.6 Å². The number of hydrogen-bond acceptors (Lipinski definition) is 3. The summed E-state index contributed by atoms with van der Waals surface area (Å²) in [5, 5.41) is 5.14. The van der Waals surface area contributed by atoms with Crippen LogP contribution in [0.25, 0.3) is 0 Å². The SMILES string of the molecule is Cc1ccc(NC(=O)C(=O)Nc2cccc(N3CCCCC3=O)c2)cc1. The molecule has 0 unspecified atom stereocenters. The molecule has 134 valence electrons. The van der Waals surface area contributed by atoms with Crippen molar-refractivity contribution in [3.63, 3.8) is 0 Å². The first-order valence-electron chi connectivity index (χ1n) is 8.62. The summed E-state index contributed by atoms with van der Waals surface area (Å²) in [5.74, 6) is -1.42. The van der Waals surface area contributed by atoms with Crippen molar-refractivity contribution >= 4 is 34.8 Å². The van der Waals surface area contributed by atoms with E-state index < -0.39 is 11.8 Å². The second kappa shape index (κ2) is 7.82. The van der Waals surface area contributed by atoms with Crippen molar-refractivity contribution in [1.82, 2.24) is 0 Å². The third-order valence-corrected chi connectivity index (χ3v) is 4.25. The van der Waals surface area contributed by atoms with Gasteiger partial charge in [-0.05, 0) is 50.1 Å². The van der Waals surface area contributed by atoms with Crippen LogP contribution in [0.2, 0.25) is 0 Å². The number of nitrogens with one attached hydrogen (secondary N) is 2. The predicted molar refractivity (Wildman–Crippen MR) is 101 cm³/mol. The van der Waals surface area contributed by atoms with Crippen molar-refractivity contribution in [2.24, 2.45) is 0 Å². The van der Waals surface area contributed by atoms with Gasteiger partial charge in [-0.15, -0.1) is 0 Å². The highest BCUT2D eigenvalue weighted by molar-refractivity contribution is 6.43. The molecule has 0 spiro atoms. The van der Waals surface area contributed by atoms with Gasteiger partial charge in [-0.1, -0.05) is 23.8 Å². The monoisotopic (exact) mass is 351 g/mol. The molecule has 1 saturated heterocycles. The Morgan fingerprint density at radius 1 is 0.923 bits per heavy atom. The maximum Gasteiger partial charge on any atom is 0.314 e. The third-order valence-electron chi connectivity index (χ3n) is 4.25. The smallest absolute Gasteiger partial charge is 0.314 e. The summed E-state index contributed by atoms with van der Waals surface area (Å²) >= 11 is 0. The zero-order valence-electron chi connectivity index (χ0n) is 14.6. The Labute approximate surface area is 152 Å². The molecule has 3 amide bonds. The van der Waals surface area contributed by atoms with E-state index >= 15 is 0 Å². The minimum absolute atomic E-state index is 0.0804. The first-order valence-corrected chi connectivity index (χ1v) is 8.62. The van der Waals surface area contributed by atoms with Crippen LogP contribution in [0.3, 0.4) is 0 Å². The van der Waals surface area contributed by atoms with Crippen LogP contribution in [0.5, 0.6) is 0 Å². The van der Waals surface area contributed by atoms with Gasteiger partial charge in [0.25, 0.3) is 0 Å². The zero-order valence-corrected chi connectivity index (χ0v) is 14.6. The van der Waals surface area contributed by atoms with E-state index in [9.17, 15) is 14.4 Å². The molecule has 6 nitrogen and oxygen atoms in total. The average Bonchev–Trinajstić information content (AvgIpc) is 2.64. The number of piperidine rings is 1. The van der Waals surface area contributed by atoms with Crippen LogP contribution in [0.15, 0.2) is 48.5 Å². The summed E-state index contributed by atoms with van der Waals surface area (Å²) in [7, 11) is 0. The van der Waals surface area contributed by atoms with Crippen LogP contribution >= 0.6 is 0 Å². The second-order valence-electron chi connectivity index (χ2n) is 6.33. The van der Waals surface area contributed by atoms with Crippen LogP contribution in [-0.2, 0) is 14.4 Å². The molecule has 0 bridgehead atoms. The van der Waals surface area contributed by atoms with E-state index in [0.29, 0.717) is 24.3 Å². The molecule has 1 aliphatic rings. The number of carbonyl (C=O) groups is 3. The lowest BCUT2D eigenvalue weighted by Crippen LogP contribution is -2.35. The van der Waals surface area contributed by atoms with Gasteiger partial charge in [-0.25, -0.2) is 0 Å². The molecule has 2 aromatic carbocycles. The van der Waals surface area contributed by atoms with E-state index in [-0.39, 0.29) is 5.91 Å². The molecule has 0 saturated carbocycles. The maximum atomic E-state index is 12.1. The Hall–Kier alpha value is -3.15. The molecular formula is C20H21N3O3. The van der Waals surface area contributed by atoms with Crippen LogP contribution in [0, 0.1) is 6.92 Å². The minimum Gasteiger partial charge on any atom is -0.318 e. The fourth-order valence-corrected chi connectivity index (χ4v) is 2.84. The van der Waals surface area contributed by atoms with Crippen molar-refractivity contribution in [2.75, 3.05) is 22.1 Å². The average molecular weight is 351 g/mol. The highest BCUT2D eigenvalue weighted by atomic mass is 16.2. The number of rotatable bonds is 3. The van der Waals surface area contributed by atoms with Crippen molar-refractivity contribution in [3.8, 4) is 0 Å². The Kier molecular flexibility index (Phi) is 5.31. The summed E-state index contributed by atoms with van der Waals surface area (Å²) in [6, 6.07) is 14.2. The molecule has 2 N–H and O–H groups in total. The van der Waals surface area contributed by atoms with Crippen molar-refractivity contribution in [1.29, 1.82) is 0 Å². The van der Waals surface area contributed by atoms with Crippen LogP contribution in [-0.4, -0.2) is 24.3 Å². The molecule has 3 rings (SSSR count). The van der Waals surface area contributed by atoms with E-state index in [1.54, 1.807) is 35.2 Å². The quantitative estimate of drug-likeness (QED) is 0.834. The minimum atomic E-state index is -0.757. The Bertz CT molecular complexity index is 830. The number of anilines is 3. The summed E-state index contributed by atoms with van der Waals surface area (Å²) in [6.07, 6.45) is 2.40. The zero-order chi connectivity index (χ0) is 18.5. The van der Waals surface area contributed by atoms with Gasteiger partial charge in [0.2, 0.25) is 5.91 Å². The first-order chi connectivity index (χ1) is 12.5. The van der Waals surface area contributed by atoms with Crippen LogP contribution in [0.4, 0.5) is 17.1 Å². The first kappa shape index (κ1) is 17.7. The lowest BCUT2D eigenvalue weighted by Gasteiger charge is -2.27. The highest BCUT2D eigenvalue weighted by Crippen LogP contribution is 2.23. The number of hydrogen-bond donors (Lipinski definition) is 2. The van der Waals surface area contributed by atoms with E-state index in [1.807, 2.05) is 25.1 Å². The van der Waals surface area contributed by atoms with Gasteiger partial charge in [0.05, 0.1) is 0 Å². The van der Waals surface area contributed by atoms with Crippen molar-refractivity contribution < 1.29 is 14.4 Å². The summed E-state index contributed by atoms with van der Waals surface area (Å²) in [6.45, 7) is 2.61. The fraction of sp³-hybridized carbons (Fsp3) is 0.250. The Morgan fingerprint density at radius 2 is 1.62 bits per heavy atom. The molecule has 1 fully saturated rings. The Morgan fingerprint density at radius 3 is 2.31 bits per heavy atom. The fourth-order valence-electron chi connectivity index (χ4n) is 2.84. The predicted octanol–water partition coefficient (Wildman–Crippen LogP) is 3.09. The number of nitrogens with zero attached hydrogens (tertiary/aromatic N) is 1. The number of carbonyl (C=O) groups excluding carboxylic acids is 3. The molecule has 6 heteroatoms. The lowest BCUT2D eigenvalue weighted by molar-refractivity contribution is -0.132. The van der Waals surface area contributed by atoms with E-state index in [0.717, 1.165) is 24.1 Å². The van der Waals surface area contributed by atoms with Crippen LogP contribution in [0.1, 0.15) is 24.8 Å². The topological polar surface area (TPSA) is 78.5 Å². The maximum absolute atomic E-state index is 12.1. The highest BCUT2D eigenvalue weighted by Gasteiger charge is 2.20. The van der Waals surface area contributed by atoms with Gasteiger partial charge >= 0.3 is 11.8 Å². The van der Waals surface area contributed by atoms with E-state index in [4.69, 9.17) is 0 Å². The number of aryl methyl sites for hydroxylation is 1. The van der Waals surface area contributed by atoms with Gasteiger partial charge < -0.3 is 15.5 Å².